The third-order valence-corrected chi connectivity index (χ3v) is 2.20. The molecule has 1 atom stereocenters. The minimum absolute atomic E-state index is 0.333. The summed E-state index contributed by atoms with van der Waals surface area (Å²) in [5.41, 5.74) is 1.25. The van der Waals surface area contributed by atoms with Crippen molar-refractivity contribution in [2.24, 2.45) is 0 Å². The highest BCUT2D eigenvalue weighted by Gasteiger charge is 2.01. The van der Waals surface area contributed by atoms with E-state index in [1.165, 1.54) is 5.57 Å². The van der Waals surface area contributed by atoms with Crippen LogP contribution in [0.2, 0.25) is 0 Å². The molecule has 0 radical (unpaired) electrons. The predicted octanol–water partition coefficient (Wildman–Crippen LogP) is 2.82. The summed E-state index contributed by atoms with van der Waals surface area (Å²) in [5.74, 6) is 0. The molecule has 0 aromatic heterocycles. The summed E-state index contributed by atoms with van der Waals surface area (Å²) in [7, 11) is 1.97. The zero-order valence-electron chi connectivity index (χ0n) is 11.5. The van der Waals surface area contributed by atoms with Crippen LogP contribution in [0.15, 0.2) is 48.1 Å². The zero-order valence-corrected chi connectivity index (χ0v) is 11.5. The molecule has 0 bridgehead atoms. The van der Waals surface area contributed by atoms with Gasteiger partial charge in [0.2, 0.25) is 0 Å². The van der Waals surface area contributed by atoms with E-state index in [1.807, 2.05) is 27.8 Å². The van der Waals surface area contributed by atoms with Gasteiger partial charge >= 0.3 is 0 Å². The number of hydrogen-bond donors (Lipinski definition) is 2. The van der Waals surface area contributed by atoms with Gasteiger partial charge in [-0.15, -0.1) is 0 Å². The Morgan fingerprint density at radius 2 is 2.00 bits per heavy atom. The van der Waals surface area contributed by atoms with Crippen LogP contribution in [0.5, 0.6) is 0 Å². The molecule has 2 nitrogen and oxygen atoms in total. The van der Waals surface area contributed by atoms with Crippen molar-refractivity contribution in [3.63, 3.8) is 0 Å². The molecular weight excluding hydrogens is 208 g/mol. The Balaban J connectivity index is 0.00000121. The van der Waals surface area contributed by atoms with Crippen molar-refractivity contribution in [3.8, 4) is 0 Å². The average Bonchev–Trinajstić information content (AvgIpc) is 2.58. The number of likely N-dealkylation sites (N-methyl/N-ethyl adjacent to an activating group) is 1. The second kappa shape index (κ2) is 11.4. The highest BCUT2D eigenvalue weighted by molar-refractivity contribution is 5.37. The van der Waals surface area contributed by atoms with Crippen LogP contribution in [0.1, 0.15) is 20.8 Å². The second-order valence-corrected chi connectivity index (χ2v) is 3.49. The molecule has 0 aliphatic heterocycles. The van der Waals surface area contributed by atoms with Gasteiger partial charge in [-0.2, -0.15) is 0 Å². The van der Waals surface area contributed by atoms with Gasteiger partial charge < -0.3 is 10.6 Å². The first-order valence-corrected chi connectivity index (χ1v) is 6.44. The fourth-order valence-corrected chi connectivity index (χ4v) is 1.46. The Morgan fingerprint density at radius 1 is 1.24 bits per heavy atom. The molecule has 0 saturated carbocycles. The van der Waals surface area contributed by atoms with E-state index >= 15 is 0 Å². The van der Waals surface area contributed by atoms with Crippen molar-refractivity contribution >= 4 is 0 Å². The number of nitrogens with one attached hydrogen (secondary N) is 2. The molecule has 0 fully saturated rings. The number of allylic oxidation sites excluding steroid dienone is 6. The van der Waals surface area contributed by atoms with E-state index in [-0.39, 0.29) is 0 Å². The zero-order chi connectivity index (χ0) is 12.9. The van der Waals surface area contributed by atoms with Gasteiger partial charge in [0.1, 0.15) is 0 Å². The predicted molar refractivity (Wildman–Crippen MR) is 78.2 cm³/mol. The van der Waals surface area contributed by atoms with Crippen LogP contribution in [0.4, 0.5) is 0 Å². The van der Waals surface area contributed by atoms with Gasteiger partial charge in [-0.1, -0.05) is 56.4 Å². The van der Waals surface area contributed by atoms with Gasteiger partial charge in [0.15, 0.2) is 0 Å². The summed E-state index contributed by atoms with van der Waals surface area (Å²) >= 11 is 0. The molecule has 1 unspecified atom stereocenters. The second-order valence-electron chi connectivity index (χ2n) is 3.49. The van der Waals surface area contributed by atoms with E-state index < -0.39 is 0 Å². The van der Waals surface area contributed by atoms with Crippen LogP contribution in [-0.2, 0) is 0 Å². The maximum atomic E-state index is 3.45. The van der Waals surface area contributed by atoms with Gasteiger partial charge in [0.05, 0.1) is 0 Å². The van der Waals surface area contributed by atoms with Crippen LogP contribution in [0.3, 0.4) is 0 Å². The van der Waals surface area contributed by atoms with Crippen LogP contribution in [0.25, 0.3) is 0 Å². The molecule has 0 saturated heterocycles. The minimum atomic E-state index is 0.333. The third-order valence-electron chi connectivity index (χ3n) is 2.20. The van der Waals surface area contributed by atoms with E-state index in [1.54, 1.807) is 0 Å². The summed E-state index contributed by atoms with van der Waals surface area (Å²) in [6, 6.07) is 0.333. The molecule has 2 heteroatoms. The molecule has 17 heavy (non-hydrogen) atoms. The normalized spacial score (nSPS) is 18.6. The summed E-state index contributed by atoms with van der Waals surface area (Å²) < 4.78 is 0. The van der Waals surface area contributed by atoms with Crippen molar-refractivity contribution in [2.45, 2.75) is 26.8 Å². The van der Waals surface area contributed by atoms with E-state index in [2.05, 4.69) is 53.2 Å². The van der Waals surface area contributed by atoms with Gasteiger partial charge in [0, 0.05) is 19.1 Å². The Bertz CT molecular complexity index is 285. The molecule has 0 spiro atoms. The van der Waals surface area contributed by atoms with Gasteiger partial charge in [-0.25, -0.2) is 0 Å². The molecule has 0 amide bonds. The molecule has 0 aromatic carbocycles. The smallest absolute Gasteiger partial charge is 0.0447 e. The van der Waals surface area contributed by atoms with E-state index in [0.29, 0.717) is 6.04 Å². The first-order valence-electron chi connectivity index (χ1n) is 6.44. The Morgan fingerprint density at radius 3 is 2.65 bits per heavy atom. The highest BCUT2D eigenvalue weighted by atomic mass is 14.9. The number of rotatable bonds is 5. The first-order chi connectivity index (χ1) is 8.36. The van der Waals surface area contributed by atoms with Gasteiger partial charge in [-0.05, 0) is 19.5 Å². The van der Waals surface area contributed by atoms with Crippen LogP contribution >= 0.6 is 0 Å². The summed E-state index contributed by atoms with van der Waals surface area (Å²) in [4.78, 5) is 0. The summed E-state index contributed by atoms with van der Waals surface area (Å²) in [6.45, 7) is 8.01. The van der Waals surface area contributed by atoms with Gasteiger partial charge in [0.25, 0.3) is 0 Å². The van der Waals surface area contributed by atoms with Crippen LogP contribution in [-0.4, -0.2) is 26.2 Å². The molecule has 1 aliphatic carbocycles. The largest absolute Gasteiger partial charge is 0.318 e. The lowest BCUT2D eigenvalue weighted by molar-refractivity contribution is 0.638. The van der Waals surface area contributed by atoms with Crippen molar-refractivity contribution in [1.29, 1.82) is 0 Å². The minimum Gasteiger partial charge on any atom is -0.318 e. The summed E-state index contributed by atoms with van der Waals surface area (Å²) in [6.07, 6.45) is 14.9. The first kappa shape index (κ1) is 15.9. The number of hydrogen-bond acceptors (Lipinski definition) is 2. The van der Waals surface area contributed by atoms with Gasteiger partial charge in [-0.3, -0.25) is 0 Å². The lowest BCUT2D eigenvalue weighted by atomic mass is 10.1. The summed E-state index contributed by atoms with van der Waals surface area (Å²) in [5, 5.41) is 6.57. The van der Waals surface area contributed by atoms with Crippen molar-refractivity contribution in [3.05, 3.63) is 48.1 Å². The van der Waals surface area contributed by atoms with Crippen molar-refractivity contribution in [1.82, 2.24) is 10.6 Å². The van der Waals surface area contributed by atoms with Crippen LogP contribution < -0.4 is 10.6 Å². The maximum absolute atomic E-state index is 3.45. The highest BCUT2D eigenvalue weighted by Crippen LogP contribution is 2.07. The monoisotopic (exact) mass is 234 g/mol. The topological polar surface area (TPSA) is 24.1 Å². The fourth-order valence-electron chi connectivity index (χ4n) is 1.46. The molecule has 0 heterocycles. The third kappa shape index (κ3) is 7.72. The Hall–Kier alpha value is -1.12. The Labute approximate surface area is 106 Å². The molecule has 96 valence electrons. The van der Waals surface area contributed by atoms with Crippen molar-refractivity contribution < 1.29 is 0 Å². The van der Waals surface area contributed by atoms with Crippen LogP contribution in [0, 0.1) is 0 Å². The van der Waals surface area contributed by atoms with E-state index in [0.717, 1.165) is 13.1 Å². The lowest BCUT2D eigenvalue weighted by Gasteiger charge is -2.10. The molecule has 1 aliphatic rings. The molecule has 1 rings (SSSR count). The van der Waals surface area contributed by atoms with Crippen molar-refractivity contribution in [2.75, 3.05) is 20.1 Å². The average molecular weight is 234 g/mol. The molecule has 2 N–H and O–H groups in total. The maximum Gasteiger partial charge on any atom is 0.0447 e. The quantitative estimate of drug-likeness (QED) is 0.715. The van der Waals surface area contributed by atoms with E-state index in [9.17, 15) is 0 Å². The lowest BCUT2D eigenvalue weighted by Crippen LogP contribution is -2.31. The molecule has 0 aromatic rings. The SMILES string of the molecule is C/C=C/C1=CC(NCCNC)C=CC=C1.CC. The Kier molecular flexibility index (Phi) is 10.6. The fraction of sp³-hybridized carbons (Fsp3) is 0.467. The van der Waals surface area contributed by atoms with E-state index in [4.69, 9.17) is 0 Å². The molecular formula is C15H26N2. The standard InChI is InChI=1S/C13H20N2.C2H6/c1-3-6-12-7-4-5-8-13(11-12)15-10-9-14-2;1-2/h3-8,11,13-15H,9-10H2,1-2H3;1-2H3/b6-3+;.